The van der Waals surface area contributed by atoms with E-state index in [1.54, 1.807) is 18.2 Å². The third kappa shape index (κ3) is 1.80. The summed E-state index contributed by atoms with van der Waals surface area (Å²) in [5.41, 5.74) is 0.863. The predicted molar refractivity (Wildman–Crippen MR) is 67.0 cm³/mol. The largest absolute Gasteiger partial charge is 0.453 e. The maximum atomic E-state index is 13.1. The fourth-order valence-corrected chi connectivity index (χ4v) is 1.94. The normalized spacial score (nSPS) is 10.7. The molecule has 88 valence electrons. The van der Waals surface area contributed by atoms with E-state index in [-0.39, 0.29) is 5.82 Å². The molecule has 0 aliphatic rings. The first kappa shape index (κ1) is 10.7. The Labute approximate surface area is 103 Å². The number of benzene rings is 2. The molecular formula is C15H9FO2. The van der Waals surface area contributed by atoms with Crippen LogP contribution in [0.3, 0.4) is 0 Å². The smallest absolute Gasteiger partial charge is 0.185 e. The Bertz CT molecular complexity index is 728. The quantitative estimate of drug-likeness (QED) is 0.632. The Hall–Kier alpha value is -2.42. The number of carbonyl (C=O) groups excluding carboxylic acids is 1. The van der Waals surface area contributed by atoms with Crippen molar-refractivity contribution in [3.63, 3.8) is 0 Å². The molecule has 0 N–H and O–H groups in total. The van der Waals surface area contributed by atoms with Gasteiger partial charge in [0.05, 0.1) is 0 Å². The molecule has 3 heteroatoms. The highest BCUT2D eigenvalue weighted by atomic mass is 19.1. The number of hydrogen-bond acceptors (Lipinski definition) is 2. The molecule has 18 heavy (non-hydrogen) atoms. The van der Waals surface area contributed by atoms with Gasteiger partial charge in [0.1, 0.15) is 11.6 Å². The summed E-state index contributed by atoms with van der Waals surface area (Å²) in [7, 11) is 0. The molecule has 0 saturated heterocycles. The topological polar surface area (TPSA) is 30.2 Å². The van der Waals surface area contributed by atoms with E-state index in [2.05, 4.69) is 0 Å². The van der Waals surface area contributed by atoms with Crippen LogP contribution in [-0.4, -0.2) is 6.29 Å². The van der Waals surface area contributed by atoms with Crippen LogP contribution < -0.4 is 0 Å². The van der Waals surface area contributed by atoms with Crippen LogP contribution in [0.4, 0.5) is 4.39 Å². The van der Waals surface area contributed by atoms with Crippen molar-refractivity contribution in [1.82, 2.24) is 0 Å². The van der Waals surface area contributed by atoms with E-state index in [0.29, 0.717) is 17.8 Å². The van der Waals surface area contributed by atoms with Crippen molar-refractivity contribution in [2.45, 2.75) is 0 Å². The van der Waals surface area contributed by atoms with Crippen molar-refractivity contribution in [2.24, 2.45) is 0 Å². The Kier molecular flexibility index (Phi) is 2.45. The summed E-state index contributed by atoms with van der Waals surface area (Å²) < 4.78 is 18.4. The van der Waals surface area contributed by atoms with Gasteiger partial charge in [-0.3, -0.25) is 4.79 Å². The third-order valence-corrected chi connectivity index (χ3v) is 2.83. The number of fused-ring (bicyclic) bond motifs is 1. The van der Waals surface area contributed by atoms with Crippen LogP contribution in [0.1, 0.15) is 10.6 Å². The summed E-state index contributed by atoms with van der Waals surface area (Å²) in [5.74, 6) is 0.670. The number of rotatable bonds is 2. The highest BCUT2D eigenvalue weighted by Crippen LogP contribution is 2.26. The predicted octanol–water partition coefficient (Wildman–Crippen LogP) is 4.05. The zero-order chi connectivity index (χ0) is 12.5. The molecule has 0 radical (unpaired) electrons. The number of furan rings is 1. The molecule has 0 saturated carbocycles. The molecule has 2 aromatic carbocycles. The van der Waals surface area contributed by atoms with Crippen molar-refractivity contribution in [2.75, 3.05) is 0 Å². The summed E-state index contributed by atoms with van der Waals surface area (Å²) in [5, 5.41) is 1.76. The van der Waals surface area contributed by atoms with Gasteiger partial charge in [0.25, 0.3) is 0 Å². The minimum atomic E-state index is -0.253. The SMILES string of the molecule is O=Cc1ccc(-c2ccc3cc(F)ccc3c2)o1. The molecule has 0 atom stereocenters. The zero-order valence-electron chi connectivity index (χ0n) is 9.39. The molecule has 0 unspecified atom stereocenters. The van der Waals surface area contributed by atoms with Crippen LogP contribution in [-0.2, 0) is 0 Å². The summed E-state index contributed by atoms with van der Waals surface area (Å²) in [6.07, 6.45) is 0.667. The summed E-state index contributed by atoms with van der Waals surface area (Å²) in [4.78, 5) is 10.6. The van der Waals surface area contributed by atoms with E-state index in [1.165, 1.54) is 12.1 Å². The van der Waals surface area contributed by atoms with Gasteiger partial charge in [-0.05, 0) is 41.1 Å². The lowest BCUT2D eigenvalue weighted by atomic mass is 10.1. The van der Waals surface area contributed by atoms with Crippen LogP contribution in [0.2, 0.25) is 0 Å². The van der Waals surface area contributed by atoms with E-state index in [0.717, 1.165) is 16.3 Å². The zero-order valence-corrected chi connectivity index (χ0v) is 9.39. The second kappa shape index (κ2) is 4.11. The van der Waals surface area contributed by atoms with Gasteiger partial charge in [-0.2, -0.15) is 0 Å². The number of aldehydes is 1. The monoisotopic (exact) mass is 240 g/mol. The lowest BCUT2D eigenvalue weighted by Crippen LogP contribution is -1.79. The van der Waals surface area contributed by atoms with Crippen molar-refractivity contribution < 1.29 is 13.6 Å². The fraction of sp³-hybridized carbons (Fsp3) is 0. The van der Waals surface area contributed by atoms with Crippen LogP contribution in [0.25, 0.3) is 22.1 Å². The lowest BCUT2D eigenvalue weighted by molar-refractivity contribution is 0.110. The second-order valence-corrected chi connectivity index (χ2v) is 4.03. The minimum Gasteiger partial charge on any atom is -0.453 e. The Morgan fingerprint density at radius 3 is 2.50 bits per heavy atom. The molecule has 0 amide bonds. The van der Waals surface area contributed by atoms with Crippen molar-refractivity contribution in [3.05, 3.63) is 60.1 Å². The fourth-order valence-electron chi connectivity index (χ4n) is 1.94. The maximum Gasteiger partial charge on any atom is 0.185 e. The lowest BCUT2D eigenvalue weighted by Gasteiger charge is -2.01. The van der Waals surface area contributed by atoms with Crippen molar-refractivity contribution in [3.8, 4) is 11.3 Å². The first-order valence-electron chi connectivity index (χ1n) is 5.51. The molecule has 0 fully saturated rings. The van der Waals surface area contributed by atoms with Gasteiger partial charge in [-0.15, -0.1) is 0 Å². The maximum absolute atomic E-state index is 13.1. The van der Waals surface area contributed by atoms with Crippen molar-refractivity contribution in [1.29, 1.82) is 0 Å². The van der Waals surface area contributed by atoms with E-state index in [9.17, 15) is 9.18 Å². The first-order valence-corrected chi connectivity index (χ1v) is 5.51. The Morgan fingerprint density at radius 2 is 1.72 bits per heavy atom. The van der Waals surface area contributed by atoms with Gasteiger partial charge in [-0.25, -0.2) is 4.39 Å². The highest BCUT2D eigenvalue weighted by molar-refractivity contribution is 5.87. The van der Waals surface area contributed by atoms with Crippen LogP contribution in [0, 0.1) is 5.82 Å². The minimum absolute atomic E-state index is 0.253. The first-order chi connectivity index (χ1) is 8.76. The average Bonchev–Trinajstić information content (AvgIpc) is 2.87. The molecule has 0 spiro atoms. The van der Waals surface area contributed by atoms with Gasteiger partial charge < -0.3 is 4.42 Å². The van der Waals surface area contributed by atoms with Gasteiger partial charge in [0.2, 0.25) is 0 Å². The van der Waals surface area contributed by atoms with Crippen LogP contribution >= 0.6 is 0 Å². The molecule has 3 rings (SSSR count). The number of hydrogen-bond donors (Lipinski definition) is 0. The highest BCUT2D eigenvalue weighted by Gasteiger charge is 2.05. The molecular weight excluding hydrogens is 231 g/mol. The van der Waals surface area contributed by atoms with E-state index < -0.39 is 0 Å². The third-order valence-electron chi connectivity index (χ3n) is 2.83. The molecule has 0 aliphatic heterocycles. The van der Waals surface area contributed by atoms with Gasteiger partial charge in [-0.1, -0.05) is 18.2 Å². The molecule has 1 aromatic heterocycles. The van der Waals surface area contributed by atoms with Crippen LogP contribution in [0.5, 0.6) is 0 Å². The molecule has 1 heterocycles. The van der Waals surface area contributed by atoms with Gasteiger partial charge in [0, 0.05) is 5.56 Å². The summed E-state index contributed by atoms with van der Waals surface area (Å²) >= 11 is 0. The van der Waals surface area contributed by atoms with E-state index in [4.69, 9.17) is 4.42 Å². The summed E-state index contributed by atoms with van der Waals surface area (Å²) in [6.45, 7) is 0. The molecule has 2 nitrogen and oxygen atoms in total. The summed E-state index contributed by atoms with van der Waals surface area (Å²) in [6, 6.07) is 13.6. The Morgan fingerprint density at radius 1 is 0.944 bits per heavy atom. The number of carbonyl (C=O) groups is 1. The van der Waals surface area contributed by atoms with Gasteiger partial charge >= 0.3 is 0 Å². The van der Waals surface area contributed by atoms with E-state index in [1.807, 2.05) is 18.2 Å². The van der Waals surface area contributed by atoms with Crippen LogP contribution in [0.15, 0.2) is 52.9 Å². The average molecular weight is 240 g/mol. The Balaban J connectivity index is 2.12. The van der Waals surface area contributed by atoms with E-state index >= 15 is 0 Å². The molecule has 0 bridgehead atoms. The molecule has 3 aromatic rings. The molecule has 0 aliphatic carbocycles. The number of halogens is 1. The van der Waals surface area contributed by atoms with Gasteiger partial charge in [0.15, 0.2) is 12.0 Å². The van der Waals surface area contributed by atoms with Crippen molar-refractivity contribution >= 4 is 17.1 Å². The standard InChI is InChI=1S/C15H9FO2/c16-13-4-3-10-7-12(2-1-11(10)8-13)15-6-5-14(9-17)18-15/h1-9H. The second-order valence-electron chi connectivity index (χ2n) is 4.03.